The fourth-order valence-corrected chi connectivity index (χ4v) is 4.72. The lowest BCUT2D eigenvalue weighted by molar-refractivity contribution is -0.153. The highest BCUT2D eigenvalue weighted by Crippen LogP contribution is 2.45. The highest BCUT2D eigenvalue weighted by atomic mass is 32.1. The van der Waals surface area contributed by atoms with E-state index < -0.39 is 23.8 Å². The van der Waals surface area contributed by atoms with Crippen molar-refractivity contribution in [3.05, 3.63) is 44.9 Å². The Morgan fingerprint density at radius 3 is 2.57 bits per heavy atom. The molecule has 0 amide bonds. The molecule has 7 heteroatoms. The maximum absolute atomic E-state index is 13.5. The molecule has 3 atom stereocenters. The Morgan fingerprint density at radius 1 is 1.25 bits per heavy atom. The molecule has 150 valence electrons. The van der Waals surface area contributed by atoms with Crippen molar-refractivity contribution in [3.63, 3.8) is 0 Å². The van der Waals surface area contributed by atoms with E-state index in [1.807, 2.05) is 30.7 Å². The Kier molecular flexibility index (Phi) is 6.03. The van der Waals surface area contributed by atoms with E-state index in [0.717, 1.165) is 11.3 Å². The van der Waals surface area contributed by atoms with Gasteiger partial charge in [0.25, 0.3) is 0 Å². The van der Waals surface area contributed by atoms with Crippen molar-refractivity contribution < 1.29 is 23.9 Å². The quantitative estimate of drug-likeness (QED) is 0.600. The maximum atomic E-state index is 13.5. The second kappa shape index (κ2) is 8.31. The minimum atomic E-state index is -0.858. The third-order valence-electron chi connectivity index (χ3n) is 5.20. The van der Waals surface area contributed by atoms with Crippen molar-refractivity contribution in [2.24, 2.45) is 11.8 Å². The van der Waals surface area contributed by atoms with Crippen molar-refractivity contribution in [2.45, 2.75) is 40.0 Å². The molecule has 0 fully saturated rings. The van der Waals surface area contributed by atoms with Crippen molar-refractivity contribution in [1.29, 1.82) is 0 Å². The summed E-state index contributed by atoms with van der Waals surface area (Å²) in [6.45, 7) is 7.64. The van der Waals surface area contributed by atoms with Gasteiger partial charge in [-0.3, -0.25) is 9.59 Å². The third-order valence-corrected chi connectivity index (χ3v) is 5.90. The van der Waals surface area contributed by atoms with Crippen molar-refractivity contribution in [1.82, 2.24) is 5.32 Å². The van der Waals surface area contributed by atoms with E-state index in [-0.39, 0.29) is 24.9 Å². The van der Waals surface area contributed by atoms with E-state index >= 15 is 0 Å². The van der Waals surface area contributed by atoms with Gasteiger partial charge in [-0.2, -0.15) is 11.3 Å². The maximum Gasteiger partial charge on any atom is 0.336 e. The summed E-state index contributed by atoms with van der Waals surface area (Å²) in [6, 6.07) is 1.91. The first-order valence-corrected chi connectivity index (χ1v) is 10.5. The van der Waals surface area contributed by atoms with Gasteiger partial charge in [0, 0.05) is 22.9 Å². The number of ketones is 1. The molecular formula is C21H25NO5S. The standard InChI is InChI=1S/C21H25NO5S/c1-5-26-20(24)15-11(3)9-14-18(19(15)23)17(13-7-8-28-10-13)16(12(4)22-14)21(25)27-6-2/h7-8,10-11,15,17,22H,5-6,9H2,1-4H3/t11-,15+,17+/m0/s1. The number of ether oxygens (including phenoxy) is 2. The number of nitrogens with one attached hydrogen (secondary N) is 1. The van der Waals surface area contributed by atoms with Crippen LogP contribution in [0.5, 0.6) is 0 Å². The summed E-state index contributed by atoms with van der Waals surface area (Å²) < 4.78 is 10.4. The van der Waals surface area contributed by atoms with Crippen LogP contribution in [-0.2, 0) is 23.9 Å². The van der Waals surface area contributed by atoms with Crippen molar-refractivity contribution in [3.8, 4) is 0 Å². The van der Waals surface area contributed by atoms with E-state index in [4.69, 9.17) is 9.47 Å². The number of hydrogen-bond acceptors (Lipinski definition) is 7. The fraction of sp³-hybridized carbons (Fsp3) is 0.476. The monoisotopic (exact) mass is 403 g/mol. The minimum Gasteiger partial charge on any atom is -0.465 e. The summed E-state index contributed by atoms with van der Waals surface area (Å²) in [5.74, 6) is -2.81. The lowest BCUT2D eigenvalue weighted by Gasteiger charge is -2.38. The molecule has 28 heavy (non-hydrogen) atoms. The van der Waals surface area contributed by atoms with Crippen LogP contribution in [0.3, 0.4) is 0 Å². The summed E-state index contributed by atoms with van der Waals surface area (Å²) >= 11 is 1.50. The average molecular weight is 404 g/mol. The molecule has 1 aromatic rings. The molecule has 1 aliphatic carbocycles. The third kappa shape index (κ3) is 3.51. The van der Waals surface area contributed by atoms with Crippen LogP contribution < -0.4 is 5.32 Å². The normalized spacial score (nSPS) is 24.6. The van der Waals surface area contributed by atoms with Gasteiger partial charge in [0.1, 0.15) is 5.92 Å². The van der Waals surface area contributed by atoms with Crippen molar-refractivity contribution in [2.75, 3.05) is 13.2 Å². The zero-order valence-electron chi connectivity index (χ0n) is 16.5. The first kappa shape index (κ1) is 20.3. The number of allylic oxidation sites excluding steroid dienone is 3. The molecule has 0 saturated carbocycles. The zero-order chi connectivity index (χ0) is 20.4. The molecule has 1 N–H and O–H groups in total. The van der Waals surface area contributed by atoms with Gasteiger partial charge in [0.2, 0.25) is 0 Å². The fourth-order valence-electron chi connectivity index (χ4n) is 4.04. The van der Waals surface area contributed by atoms with Gasteiger partial charge in [0.15, 0.2) is 5.78 Å². The Balaban J connectivity index is 2.11. The van der Waals surface area contributed by atoms with Crippen LogP contribution >= 0.6 is 11.3 Å². The Morgan fingerprint density at radius 2 is 1.96 bits per heavy atom. The molecule has 0 spiro atoms. The molecule has 0 radical (unpaired) electrons. The first-order valence-electron chi connectivity index (χ1n) is 9.51. The van der Waals surface area contributed by atoms with E-state index in [2.05, 4.69) is 5.32 Å². The van der Waals surface area contributed by atoms with Crippen LogP contribution in [0, 0.1) is 11.8 Å². The largest absolute Gasteiger partial charge is 0.465 e. The van der Waals surface area contributed by atoms with E-state index in [1.165, 1.54) is 11.3 Å². The number of carbonyl (C=O) groups excluding carboxylic acids is 3. The van der Waals surface area contributed by atoms with Crippen LogP contribution in [0.2, 0.25) is 0 Å². The van der Waals surface area contributed by atoms with Crippen LogP contribution in [0.25, 0.3) is 0 Å². The molecule has 0 saturated heterocycles. The summed E-state index contributed by atoms with van der Waals surface area (Å²) in [5.41, 5.74) is 3.21. The molecule has 6 nitrogen and oxygen atoms in total. The second-order valence-corrected chi connectivity index (χ2v) is 7.82. The molecule has 1 aromatic heterocycles. The van der Waals surface area contributed by atoms with Crippen LogP contribution in [0.1, 0.15) is 45.6 Å². The molecule has 0 bridgehead atoms. The Bertz CT molecular complexity index is 852. The molecule has 0 aromatic carbocycles. The zero-order valence-corrected chi connectivity index (χ0v) is 17.4. The number of rotatable bonds is 5. The van der Waals surface area contributed by atoms with Gasteiger partial charge in [0.05, 0.1) is 18.8 Å². The highest BCUT2D eigenvalue weighted by Gasteiger charge is 2.47. The van der Waals surface area contributed by atoms with E-state index in [1.54, 1.807) is 13.8 Å². The van der Waals surface area contributed by atoms with Gasteiger partial charge in [-0.1, -0.05) is 6.92 Å². The summed E-state index contributed by atoms with van der Waals surface area (Å²) in [6.07, 6.45) is 0.540. The number of carbonyl (C=O) groups is 3. The number of Topliss-reactive ketones (excluding diaryl/α,β-unsaturated/α-hetero) is 1. The molecule has 2 aliphatic rings. The number of esters is 2. The molecule has 3 rings (SSSR count). The number of dihydropyridines is 1. The lowest BCUT2D eigenvalue weighted by Crippen LogP contribution is -2.43. The first-order chi connectivity index (χ1) is 13.4. The summed E-state index contributed by atoms with van der Waals surface area (Å²) in [7, 11) is 0. The Labute approximate surface area is 168 Å². The summed E-state index contributed by atoms with van der Waals surface area (Å²) in [4.78, 5) is 38.7. The van der Waals surface area contributed by atoms with Crippen LogP contribution in [-0.4, -0.2) is 30.9 Å². The predicted molar refractivity (Wildman–Crippen MR) is 105 cm³/mol. The predicted octanol–water partition coefficient (Wildman–Crippen LogP) is 3.31. The molecular weight excluding hydrogens is 378 g/mol. The lowest BCUT2D eigenvalue weighted by atomic mass is 9.69. The smallest absolute Gasteiger partial charge is 0.336 e. The van der Waals surface area contributed by atoms with Gasteiger partial charge in [-0.05, 0) is 55.5 Å². The van der Waals surface area contributed by atoms with E-state index in [9.17, 15) is 14.4 Å². The van der Waals surface area contributed by atoms with E-state index in [0.29, 0.717) is 23.3 Å². The van der Waals surface area contributed by atoms with Crippen LogP contribution in [0.4, 0.5) is 0 Å². The Hall–Kier alpha value is -2.41. The molecule has 0 unspecified atom stereocenters. The topological polar surface area (TPSA) is 81.7 Å². The SMILES string of the molecule is CCOC(=O)C1=C(C)NC2=C(C(=O)[C@H](C(=O)OCC)[C@@H](C)C2)[C@@H]1c1ccsc1. The number of hydrogen-bond donors (Lipinski definition) is 1. The molecule has 1 aliphatic heterocycles. The van der Waals surface area contributed by atoms with Gasteiger partial charge >= 0.3 is 11.9 Å². The van der Waals surface area contributed by atoms with Gasteiger partial charge in [-0.25, -0.2) is 4.79 Å². The van der Waals surface area contributed by atoms with Gasteiger partial charge < -0.3 is 14.8 Å². The number of thiophene rings is 1. The average Bonchev–Trinajstić information content (AvgIpc) is 3.15. The molecule has 2 heterocycles. The highest BCUT2D eigenvalue weighted by molar-refractivity contribution is 7.08. The summed E-state index contributed by atoms with van der Waals surface area (Å²) in [5, 5.41) is 7.08. The second-order valence-electron chi connectivity index (χ2n) is 7.04. The van der Waals surface area contributed by atoms with Gasteiger partial charge in [-0.15, -0.1) is 0 Å². The minimum absolute atomic E-state index is 0.183. The van der Waals surface area contributed by atoms with Crippen LogP contribution in [0.15, 0.2) is 39.4 Å². The van der Waals surface area contributed by atoms with Crippen molar-refractivity contribution >= 4 is 29.1 Å².